The van der Waals surface area contributed by atoms with Gasteiger partial charge >= 0.3 is 0 Å². The number of carbonyl (C=O) groups excluding carboxylic acids is 3. The first-order valence-electron chi connectivity index (χ1n) is 11.2. The van der Waals surface area contributed by atoms with Crippen molar-refractivity contribution in [2.75, 3.05) is 18.4 Å². The molecule has 0 radical (unpaired) electrons. The van der Waals surface area contributed by atoms with E-state index < -0.39 is 12.0 Å². The van der Waals surface area contributed by atoms with Gasteiger partial charge in [-0.15, -0.1) is 0 Å². The van der Waals surface area contributed by atoms with E-state index in [1.807, 2.05) is 26.0 Å². The number of nitrogens with one attached hydrogen (secondary N) is 2. The highest BCUT2D eigenvalue weighted by Gasteiger charge is 2.39. The maximum atomic E-state index is 13.3. The third-order valence-electron chi connectivity index (χ3n) is 6.28. The largest absolute Gasteiger partial charge is 0.309 e. The number of hydrazine groups is 1. The summed E-state index contributed by atoms with van der Waals surface area (Å²) in [5, 5.41) is 14.5. The maximum Gasteiger partial charge on any atom is 0.250 e. The summed E-state index contributed by atoms with van der Waals surface area (Å²) in [5.41, 5.74) is 4.76. The number of hydroxylamine groups is 2. The van der Waals surface area contributed by atoms with E-state index in [0.29, 0.717) is 42.6 Å². The van der Waals surface area contributed by atoms with Crippen molar-refractivity contribution in [1.29, 1.82) is 0 Å². The molecule has 2 fully saturated rings. The minimum atomic E-state index is -0.673. The summed E-state index contributed by atoms with van der Waals surface area (Å²) in [6, 6.07) is 3.18. The van der Waals surface area contributed by atoms with E-state index in [9.17, 15) is 19.6 Å². The molecule has 2 atom stereocenters. The molecule has 0 spiro atoms. The molecule has 1 aromatic heterocycles. The van der Waals surface area contributed by atoms with Gasteiger partial charge < -0.3 is 5.32 Å². The van der Waals surface area contributed by atoms with Crippen LogP contribution in [0.2, 0.25) is 0 Å². The molecule has 3 rings (SSSR count). The second-order valence-electron chi connectivity index (χ2n) is 8.54. The van der Waals surface area contributed by atoms with Crippen LogP contribution in [0, 0.1) is 18.8 Å². The first-order valence-corrected chi connectivity index (χ1v) is 11.2. The van der Waals surface area contributed by atoms with Crippen molar-refractivity contribution in [3.63, 3.8) is 0 Å². The van der Waals surface area contributed by atoms with Gasteiger partial charge in [0.25, 0.3) is 0 Å². The van der Waals surface area contributed by atoms with Crippen LogP contribution in [0.3, 0.4) is 0 Å². The van der Waals surface area contributed by atoms with E-state index in [1.54, 1.807) is 0 Å². The quantitative estimate of drug-likeness (QED) is 0.313. The standard InChI is InChI=1S/C22H33N5O4/c1-3-18-9-8-15(2)20(24-18)25-21(29)19-10-11-23-27(19)22(30)17(13-26(31)14-28)12-16-6-4-5-7-16/h8-9,14,16-17,19,23,31H,3-7,10-13H2,1-2H3,(H,24,25,29). The Hall–Kier alpha value is -2.52. The molecule has 0 aromatic carbocycles. The average Bonchev–Trinajstić information content (AvgIpc) is 3.46. The number of nitrogens with zero attached hydrogens (tertiary/aromatic N) is 3. The number of rotatable bonds is 9. The van der Waals surface area contributed by atoms with Gasteiger partial charge in [0.2, 0.25) is 18.2 Å². The van der Waals surface area contributed by atoms with E-state index in [0.717, 1.165) is 43.4 Å². The second kappa shape index (κ2) is 10.7. The Bertz CT molecular complexity index is 796. The Labute approximate surface area is 183 Å². The highest BCUT2D eigenvalue weighted by atomic mass is 16.5. The lowest BCUT2D eigenvalue weighted by atomic mass is 9.92. The second-order valence-corrected chi connectivity index (χ2v) is 8.54. The lowest BCUT2D eigenvalue weighted by molar-refractivity contribution is -0.159. The summed E-state index contributed by atoms with van der Waals surface area (Å²) >= 11 is 0. The molecule has 3 N–H and O–H groups in total. The van der Waals surface area contributed by atoms with E-state index in [-0.39, 0.29) is 18.4 Å². The molecule has 3 amide bonds. The minimum Gasteiger partial charge on any atom is -0.309 e. The van der Waals surface area contributed by atoms with Gasteiger partial charge in [-0.3, -0.25) is 24.6 Å². The smallest absolute Gasteiger partial charge is 0.250 e. The Kier molecular flexibility index (Phi) is 7.97. The molecule has 1 saturated heterocycles. The summed E-state index contributed by atoms with van der Waals surface area (Å²) in [6.07, 6.45) is 6.52. The molecule has 170 valence electrons. The van der Waals surface area contributed by atoms with Crippen molar-refractivity contribution in [1.82, 2.24) is 20.5 Å². The van der Waals surface area contributed by atoms with Gasteiger partial charge in [-0.1, -0.05) is 38.7 Å². The normalized spacial score (nSPS) is 20.0. The number of hydrogen-bond donors (Lipinski definition) is 3. The third-order valence-corrected chi connectivity index (χ3v) is 6.28. The van der Waals surface area contributed by atoms with Crippen LogP contribution in [0.4, 0.5) is 5.82 Å². The van der Waals surface area contributed by atoms with Crippen LogP contribution in [0.1, 0.15) is 56.7 Å². The lowest BCUT2D eigenvalue weighted by Crippen LogP contribution is -2.51. The van der Waals surface area contributed by atoms with Crippen LogP contribution in [0.15, 0.2) is 12.1 Å². The number of carbonyl (C=O) groups is 3. The fourth-order valence-corrected chi connectivity index (χ4v) is 4.50. The van der Waals surface area contributed by atoms with Crippen molar-refractivity contribution in [3.8, 4) is 0 Å². The first kappa shape index (κ1) is 23.1. The fraction of sp³-hybridized carbons (Fsp3) is 0.636. The first-order chi connectivity index (χ1) is 14.9. The topological polar surface area (TPSA) is 115 Å². The van der Waals surface area contributed by atoms with E-state index >= 15 is 0 Å². The van der Waals surface area contributed by atoms with Crippen LogP contribution >= 0.6 is 0 Å². The Morgan fingerprint density at radius 3 is 2.77 bits per heavy atom. The van der Waals surface area contributed by atoms with E-state index in [1.165, 1.54) is 5.01 Å². The number of aromatic nitrogens is 1. The summed E-state index contributed by atoms with van der Waals surface area (Å²) < 4.78 is 0. The molecule has 9 nitrogen and oxygen atoms in total. The van der Waals surface area contributed by atoms with Crippen LogP contribution in [0.25, 0.3) is 0 Å². The summed E-state index contributed by atoms with van der Waals surface area (Å²) in [5.74, 6) is -0.223. The van der Waals surface area contributed by atoms with Crippen LogP contribution in [-0.4, -0.2) is 57.6 Å². The monoisotopic (exact) mass is 431 g/mol. The molecular weight excluding hydrogens is 398 g/mol. The van der Waals surface area contributed by atoms with Gasteiger partial charge in [0.1, 0.15) is 11.9 Å². The maximum absolute atomic E-state index is 13.3. The zero-order valence-electron chi connectivity index (χ0n) is 18.3. The SMILES string of the molecule is CCc1ccc(C)c(NC(=O)C2CCNN2C(=O)C(CC2CCCC2)CN(O)C=O)n1. The Balaban J connectivity index is 1.72. The van der Waals surface area contributed by atoms with Gasteiger partial charge in [-0.2, -0.15) is 0 Å². The Morgan fingerprint density at radius 1 is 1.35 bits per heavy atom. The number of pyridine rings is 1. The minimum absolute atomic E-state index is 0.0788. The van der Waals surface area contributed by atoms with Gasteiger partial charge in [0.15, 0.2) is 0 Å². The van der Waals surface area contributed by atoms with Gasteiger partial charge in [-0.25, -0.2) is 15.5 Å². The Morgan fingerprint density at radius 2 is 2.10 bits per heavy atom. The number of aryl methyl sites for hydroxylation is 2. The number of anilines is 1. The van der Waals surface area contributed by atoms with Crippen LogP contribution in [0.5, 0.6) is 0 Å². The number of hydrogen-bond acceptors (Lipinski definition) is 6. The zero-order valence-corrected chi connectivity index (χ0v) is 18.3. The predicted molar refractivity (Wildman–Crippen MR) is 115 cm³/mol. The predicted octanol–water partition coefficient (Wildman–Crippen LogP) is 2.04. The molecule has 2 aliphatic rings. The molecule has 1 aromatic rings. The van der Waals surface area contributed by atoms with Gasteiger partial charge in [0, 0.05) is 12.2 Å². The van der Waals surface area contributed by atoms with Crippen molar-refractivity contribution in [2.24, 2.45) is 11.8 Å². The average molecular weight is 432 g/mol. The molecule has 0 bridgehead atoms. The molecule has 1 aliphatic heterocycles. The lowest BCUT2D eigenvalue weighted by Gasteiger charge is -2.30. The van der Waals surface area contributed by atoms with E-state index in [2.05, 4.69) is 15.7 Å². The summed E-state index contributed by atoms with van der Waals surface area (Å²) in [7, 11) is 0. The summed E-state index contributed by atoms with van der Waals surface area (Å²) in [6.45, 7) is 4.30. The fourth-order valence-electron chi connectivity index (χ4n) is 4.50. The molecule has 1 saturated carbocycles. The van der Waals surface area contributed by atoms with E-state index in [4.69, 9.17) is 0 Å². The van der Waals surface area contributed by atoms with Gasteiger partial charge in [0.05, 0.1) is 12.5 Å². The van der Waals surface area contributed by atoms with Crippen molar-refractivity contribution < 1.29 is 19.6 Å². The van der Waals surface area contributed by atoms with Crippen LogP contribution < -0.4 is 10.7 Å². The zero-order chi connectivity index (χ0) is 22.4. The highest BCUT2D eigenvalue weighted by Crippen LogP contribution is 2.31. The molecule has 31 heavy (non-hydrogen) atoms. The van der Waals surface area contributed by atoms with Gasteiger partial charge in [-0.05, 0) is 43.7 Å². The van der Waals surface area contributed by atoms with Crippen LogP contribution in [-0.2, 0) is 20.8 Å². The molecule has 9 heteroatoms. The van der Waals surface area contributed by atoms with Crippen molar-refractivity contribution in [2.45, 2.75) is 64.8 Å². The third kappa shape index (κ3) is 5.80. The molecule has 2 heterocycles. The number of amides is 3. The highest BCUT2D eigenvalue weighted by molar-refractivity contribution is 5.97. The molecule has 1 aliphatic carbocycles. The molecular formula is C22H33N5O4. The molecule has 2 unspecified atom stereocenters. The van der Waals surface area contributed by atoms with Crippen molar-refractivity contribution >= 4 is 24.0 Å². The summed E-state index contributed by atoms with van der Waals surface area (Å²) in [4.78, 5) is 41.8. The van der Waals surface area contributed by atoms with Crippen molar-refractivity contribution in [3.05, 3.63) is 23.4 Å².